The summed E-state index contributed by atoms with van der Waals surface area (Å²) in [5.74, 6) is 0.427. The molecular weight excluding hydrogens is 504 g/mol. The Morgan fingerprint density at radius 3 is 2.67 bits per heavy atom. The van der Waals surface area contributed by atoms with Crippen LogP contribution >= 0.6 is 11.8 Å². The van der Waals surface area contributed by atoms with E-state index >= 15 is 0 Å². The quantitative estimate of drug-likeness (QED) is 0.378. The third-order valence-corrected chi connectivity index (χ3v) is 9.66. The van der Waals surface area contributed by atoms with E-state index in [-0.39, 0.29) is 11.9 Å². The normalized spacial score (nSPS) is 19.9. The summed E-state index contributed by atoms with van der Waals surface area (Å²) in [4.78, 5) is 31.8. The second kappa shape index (κ2) is 11.9. The van der Waals surface area contributed by atoms with E-state index in [4.69, 9.17) is 0 Å². The lowest BCUT2D eigenvalue weighted by Gasteiger charge is -2.35. The maximum Gasteiger partial charge on any atom is 0.242 e. The number of carbonyl (C=O) groups excluding carboxylic acids is 2. The lowest BCUT2D eigenvalue weighted by molar-refractivity contribution is -0.122. The first kappa shape index (κ1) is 27.4. The molecule has 1 saturated heterocycles. The third-order valence-electron chi connectivity index (χ3n) is 8.41. The van der Waals surface area contributed by atoms with Crippen molar-refractivity contribution < 1.29 is 9.59 Å². The molecule has 3 aliphatic rings. The molecule has 206 valence electrons. The van der Waals surface area contributed by atoms with Gasteiger partial charge in [0.1, 0.15) is 11.4 Å². The minimum Gasteiger partial charge on any atom is -0.365 e. The third kappa shape index (κ3) is 5.33. The first-order chi connectivity index (χ1) is 19.0. The highest BCUT2D eigenvalue weighted by molar-refractivity contribution is 8.03. The average Bonchev–Trinajstić information content (AvgIpc) is 3.42. The van der Waals surface area contributed by atoms with Gasteiger partial charge in [0.05, 0.1) is 5.03 Å². The summed E-state index contributed by atoms with van der Waals surface area (Å²) in [7, 11) is 3.66. The first-order valence-electron chi connectivity index (χ1n) is 14.2. The van der Waals surface area contributed by atoms with E-state index in [1.165, 1.54) is 16.2 Å². The van der Waals surface area contributed by atoms with Gasteiger partial charge in [0, 0.05) is 56.2 Å². The number of hydrogen-bond acceptors (Lipinski definition) is 6. The van der Waals surface area contributed by atoms with Gasteiger partial charge in [-0.15, -0.1) is 0 Å². The first-order valence-corrected chi connectivity index (χ1v) is 15.1. The van der Waals surface area contributed by atoms with Crippen molar-refractivity contribution in [3.63, 3.8) is 0 Å². The zero-order valence-corrected chi connectivity index (χ0v) is 24.3. The molecule has 3 aliphatic heterocycles. The van der Waals surface area contributed by atoms with Crippen LogP contribution in [0.15, 0.2) is 65.5 Å². The highest BCUT2D eigenvalue weighted by Crippen LogP contribution is 2.43. The van der Waals surface area contributed by atoms with Crippen LogP contribution in [-0.4, -0.2) is 60.6 Å². The van der Waals surface area contributed by atoms with Crippen molar-refractivity contribution in [1.29, 1.82) is 0 Å². The van der Waals surface area contributed by atoms with Crippen molar-refractivity contribution in [3.8, 4) is 0 Å². The summed E-state index contributed by atoms with van der Waals surface area (Å²) in [6.07, 6.45) is 15.0. The molecule has 0 spiro atoms. The number of amides is 1. The molecule has 2 atom stereocenters. The fourth-order valence-corrected chi connectivity index (χ4v) is 7.34. The van der Waals surface area contributed by atoms with Gasteiger partial charge in [0.15, 0.2) is 6.29 Å². The Labute approximate surface area is 236 Å². The van der Waals surface area contributed by atoms with Gasteiger partial charge in [-0.05, 0) is 54.2 Å². The minimum absolute atomic E-state index is 0.000288. The Hall–Kier alpha value is -3.19. The molecule has 0 saturated carbocycles. The molecule has 3 heterocycles. The van der Waals surface area contributed by atoms with Crippen LogP contribution in [-0.2, 0) is 4.79 Å². The van der Waals surface area contributed by atoms with Crippen LogP contribution in [0.2, 0.25) is 0 Å². The van der Waals surface area contributed by atoms with E-state index in [1.807, 2.05) is 30.9 Å². The largest absolute Gasteiger partial charge is 0.365 e. The van der Waals surface area contributed by atoms with Gasteiger partial charge in [-0.3, -0.25) is 9.59 Å². The highest BCUT2D eigenvalue weighted by Gasteiger charge is 2.31. The van der Waals surface area contributed by atoms with Gasteiger partial charge in [-0.1, -0.05) is 68.4 Å². The Kier molecular flexibility index (Phi) is 8.36. The number of anilines is 1. The number of aldehydes is 1. The standard InChI is InChI=1S/C32H40N4O2S/c1-5-8-28(32(38)33-3)34(4)27-13-12-25(26-10-7-9-24(21-37)31(26)27)23-15-17-35(18-16-23)30-20-36-19-22(6-2)11-14-29(36)39-30/h7,9-14,19-21,23,28-29H,5-6,8,15-18H2,1-4H3,(H,33,38). The zero-order valence-electron chi connectivity index (χ0n) is 23.5. The maximum atomic E-state index is 12.7. The molecule has 6 nitrogen and oxygen atoms in total. The van der Waals surface area contributed by atoms with Crippen LogP contribution in [0.4, 0.5) is 5.69 Å². The zero-order chi connectivity index (χ0) is 27.5. The van der Waals surface area contributed by atoms with E-state index in [2.05, 4.69) is 76.6 Å². The average molecular weight is 545 g/mol. The lowest BCUT2D eigenvalue weighted by Crippen LogP contribution is -2.44. The van der Waals surface area contributed by atoms with E-state index in [9.17, 15) is 9.59 Å². The van der Waals surface area contributed by atoms with Crippen LogP contribution in [0.1, 0.15) is 67.8 Å². The van der Waals surface area contributed by atoms with Crippen molar-refractivity contribution in [2.45, 2.75) is 63.3 Å². The Balaban J connectivity index is 1.39. The Bertz CT molecular complexity index is 1320. The van der Waals surface area contributed by atoms with Gasteiger partial charge >= 0.3 is 0 Å². The second-order valence-electron chi connectivity index (χ2n) is 10.7. The summed E-state index contributed by atoms with van der Waals surface area (Å²) in [5.41, 5.74) is 4.29. The number of nitrogens with one attached hydrogen (secondary N) is 1. The summed E-state index contributed by atoms with van der Waals surface area (Å²) >= 11 is 1.94. The number of thioether (sulfide) groups is 1. The topological polar surface area (TPSA) is 55.9 Å². The Morgan fingerprint density at radius 1 is 1.18 bits per heavy atom. The molecular formula is C32H40N4O2S. The predicted molar refractivity (Wildman–Crippen MR) is 163 cm³/mol. The Morgan fingerprint density at radius 2 is 1.97 bits per heavy atom. The molecule has 0 aliphatic carbocycles. The molecule has 1 fully saturated rings. The SMILES string of the molecule is CCCC(C(=O)NC)N(C)c1ccc(C2CCN(C3=CN4C=C(CC)C=CC4S3)CC2)c2cccc(C=O)c12. The number of benzene rings is 2. The van der Waals surface area contributed by atoms with E-state index in [1.54, 1.807) is 7.05 Å². The number of likely N-dealkylation sites (tertiary alicyclic amines) is 1. The fourth-order valence-electron chi connectivity index (χ4n) is 6.18. The van der Waals surface area contributed by atoms with Gasteiger partial charge in [0.25, 0.3) is 0 Å². The van der Waals surface area contributed by atoms with Gasteiger partial charge in [0.2, 0.25) is 5.91 Å². The number of carbonyl (C=O) groups is 2. The van der Waals surface area contributed by atoms with E-state index in [0.29, 0.717) is 16.9 Å². The van der Waals surface area contributed by atoms with Crippen LogP contribution in [0.5, 0.6) is 0 Å². The van der Waals surface area contributed by atoms with Crippen LogP contribution in [0.25, 0.3) is 10.8 Å². The van der Waals surface area contributed by atoms with Gasteiger partial charge < -0.3 is 20.0 Å². The van der Waals surface area contributed by atoms with E-state index < -0.39 is 0 Å². The van der Waals surface area contributed by atoms with Gasteiger partial charge in [-0.2, -0.15) is 0 Å². The number of nitrogens with zero attached hydrogens (tertiary/aromatic N) is 3. The minimum atomic E-state index is -0.285. The second-order valence-corrected chi connectivity index (χ2v) is 11.8. The lowest BCUT2D eigenvalue weighted by atomic mass is 9.85. The van der Waals surface area contributed by atoms with Crippen molar-refractivity contribution in [3.05, 3.63) is 76.6 Å². The van der Waals surface area contributed by atoms with Crippen LogP contribution < -0.4 is 10.2 Å². The number of allylic oxidation sites excluding steroid dienone is 2. The molecule has 5 rings (SSSR count). The van der Waals surface area contributed by atoms with Crippen molar-refractivity contribution in [2.75, 3.05) is 32.1 Å². The molecule has 2 aromatic carbocycles. The van der Waals surface area contributed by atoms with Crippen molar-refractivity contribution in [2.24, 2.45) is 0 Å². The highest BCUT2D eigenvalue weighted by atomic mass is 32.2. The molecule has 39 heavy (non-hydrogen) atoms. The maximum absolute atomic E-state index is 12.7. The van der Waals surface area contributed by atoms with Crippen LogP contribution in [0, 0.1) is 0 Å². The summed E-state index contributed by atoms with van der Waals surface area (Å²) in [6, 6.07) is 10.1. The molecule has 0 aromatic heterocycles. The van der Waals surface area contributed by atoms with Crippen molar-refractivity contribution in [1.82, 2.24) is 15.1 Å². The number of piperidine rings is 1. The molecule has 0 radical (unpaired) electrons. The monoisotopic (exact) mass is 544 g/mol. The number of rotatable bonds is 9. The molecule has 1 N–H and O–H groups in total. The fraction of sp³-hybridized carbons (Fsp3) is 0.438. The van der Waals surface area contributed by atoms with Crippen molar-refractivity contribution >= 4 is 40.4 Å². The number of fused-ring (bicyclic) bond motifs is 2. The molecule has 2 aromatic rings. The summed E-state index contributed by atoms with van der Waals surface area (Å²) in [6.45, 7) is 6.33. The number of hydrogen-bond donors (Lipinski definition) is 1. The molecule has 1 amide bonds. The smallest absolute Gasteiger partial charge is 0.242 e. The van der Waals surface area contributed by atoms with E-state index in [0.717, 1.165) is 67.9 Å². The predicted octanol–water partition coefficient (Wildman–Crippen LogP) is 6.22. The molecule has 2 unspecified atom stereocenters. The summed E-state index contributed by atoms with van der Waals surface area (Å²) in [5, 5.41) is 6.63. The van der Waals surface area contributed by atoms with Gasteiger partial charge in [-0.25, -0.2) is 0 Å². The molecule has 0 bridgehead atoms. The molecule has 7 heteroatoms. The number of likely N-dealkylation sites (N-methyl/N-ethyl adjacent to an activating group) is 2. The van der Waals surface area contributed by atoms with Crippen LogP contribution in [0.3, 0.4) is 0 Å². The summed E-state index contributed by atoms with van der Waals surface area (Å²) < 4.78 is 0.